The van der Waals surface area contributed by atoms with Crippen LogP contribution < -0.4 is 10.1 Å². The van der Waals surface area contributed by atoms with Crippen LogP contribution in [-0.4, -0.2) is 33.2 Å². The molecule has 7 nitrogen and oxygen atoms in total. The Morgan fingerprint density at radius 1 is 1.11 bits per heavy atom. The lowest BCUT2D eigenvalue weighted by molar-refractivity contribution is -0.132. The summed E-state index contributed by atoms with van der Waals surface area (Å²) >= 11 is 1.39. The molecule has 2 aromatic carbocycles. The molecular weight excluding hydrogens is 496 g/mol. The fourth-order valence-electron chi connectivity index (χ4n) is 4.66. The summed E-state index contributed by atoms with van der Waals surface area (Å²) in [5.74, 6) is 0.635. The lowest BCUT2D eigenvalue weighted by atomic mass is 9.87. The van der Waals surface area contributed by atoms with Crippen molar-refractivity contribution in [3.63, 3.8) is 0 Å². The Labute approximate surface area is 226 Å². The van der Waals surface area contributed by atoms with Gasteiger partial charge >= 0.3 is 0 Å². The minimum absolute atomic E-state index is 0.144. The van der Waals surface area contributed by atoms with Gasteiger partial charge in [0.25, 0.3) is 5.91 Å². The zero-order valence-corrected chi connectivity index (χ0v) is 22.3. The number of nitrogens with zero attached hydrogens (tertiary/aromatic N) is 3. The first kappa shape index (κ1) is 25.6. The molecule has 0 radical (unpaired) electrons. The highest BCUT2D eigenvalue weighted by Gasteiger charge is 2.31. The fourth-order valence-corrected chi connectivity index (χ4v) is 5.35. The van der Waals surface area contributed by atoms with Gasteiger partial charge in [-0.15, -0.1) is 11.3 Å². The van der Waals surface area contributed by atoms with Crippen LogP contribution in [-0.2, 0) is 24.4 Å². The molecular formula is C30H30N4O3S. The predicted octanol–water partition coefficient (Wildman–Crippen LogP) is 5.24. The Morgan fingerprint density at radius 3 is 2.66 bits per heavy atom. The third-order valence-corrected chi connectivity index (χ3v) is 7.53. The zero-order valence-electron chi connectivity index (χ0n) is 21.5. The second kappa shape index (κ2) is 11.6. The summed E-state index contributed by atoms with van der Waals surface area (Å²) in [5.41, 5.74) is 5.95. The van der Waals surface area contributed by atoms with E-state index in [0.29, 0.717) is 31.0 Å². The van der Waals surface area contributed by atoms with E-state index in [0.717, 1.165) is 28.1 Å². The Kier molecular flexibility index (Phi) is 7.79. The van der Waals surface area contributed by atoms with Gasteiger partial charge in [-0.05, 0) is 59.9 Å². The van der Waals surface area contributed by atoms with Crippen molar-refractivity contribution in [3.8, 4) is 5.75 Å². The molecule has 1 N–H and O–H groups in total. The number of carbonyl (C=O) groups excluding carboxylic acids is 2. The molecule has 0 saturated carbocycles. The van der Waals surface area contributed by atoms with E-state index in [1.807, 2.05) is 36.1 Å². The first-order chi connectivity index (χ1) is 18.5. The van der Waals surface area contributed by atoms with E-state index >= 15 is 0 Å². The maximum atomic E-state index is 12.9. The first-order valence-electron chi connectivity index (χ1n) is 12.7. The van der Waals surface area contributed by atoms with Gasteiger partial charge in [-0.2, -0.15) is 0 Å². The maximum Gasteiger partial charge on any atom is 0.271 e. The number of pyridine rings is 1. The molecule has 8 heteroatoms. The SMILES string of the molecule is CCC(=O)N1CCc2ccc(OCc3nc(C(=O)NCc4ccncc4)cs3)cc2C1c1ccc(C)cc1. The predicted molar refractivity (Wildman–Crippen MR) is 147 cm³/mol. The molecule has 2 amide bonds. The fraction of sp³-hybridized carbons (Fsp3) is 0.267. The summed E-state index contributed by atoms with van der Waals surface area (Å²) in [7, 11) is 0. The minimum Gasteiger partial charge on any atom is -0.486 e. The topological polar surface area (TPSA) is 84.4 Å². The summed E-state index contributed by atoms with van der Waals surface area (Å²) in [4.78, 5) is 35.8. The highest BCUT2D eigenvalue weighted by molar-refractivity contribution is 7.09. The average Bonchev–Trinajstić information content (AvgIpc) is 3.44. The molecule has 2 aromatic heterocycles. The molecule has 3 heterocycles. The molecule has 0 spiro atoms. The van der Waals surface area contributed by atoms with E-state index in [4.69, 9.17) is 4.74 Å². The number of nitrogens with one attached hydrogen (secondary N) is 1. The zero-order chi connectivity index (χ0) is 26.5. The molecule has 1 aliphatic rings. The summed E-state index contributed by atoms with van der Waals surface area (Å²) in [6.07, 6.45) is 4.68. The first-order valence-corrected chi connectivity index (χ1v) is 13.6. The van der Waals surface area contributed by atoms with Crippen LogP contribution in [0.15, 0.2) is 72.4 Å². The van der Waals surface area contributed by atoms with Crippen LogP contribution in [0.2, 0.25) is 0 Å². The number of aromatic nitrogens is 2. The van der Waals surface area contributed by atoms with E-state index in [2.05, 4.69) is 52.5 Å². The summed E-state index contributed by atoms with van der Waals surface area (Å²) in [6, 6.07) is 18.1. The van der Waals surface area contributed by atoms with Gasteiger partial charge < -0.3 is 15.0 Å². The number of amides is 2. The van der Waals surface area contributed by atoms with Crippen molar-refractivity contribution in [1.82, 2.24) is 20.2 Å². The van der Waals surface area contributed by atoms with E-state index in [1.165, 1.54) is 22.5 Å². The van der Waals surface area contributed by atoms with E-state index in [9.17, 15) is 9.59 Å². The monoisotopic (exact) mass is 526 g/mol. The van der Waals surface area contributed by atoms with Crippen molar-refractivity contribution in [2.24, 2.45) is 0 Å². The van der Waals surface area contributed by atoms with Crippen LogP contribution in [0, 0.1) is 6.92 Å². The molecule has 0 fully saturated rings. The molecule has 5 rings (SSSR count). The highest BCUT2D eigenvalue weighted by atomic mass is 32.1. The van der Waals surface area contributed by atoms with Gasteiger partial charge in [-0.25, -0.2) is 4.98 Å². The Morgan fingerprint density at radius 2 is 1.89 bits per heavy atom. The normalized spacial score (nSPS) is 14.6. The number of rotatable bonds is 8. The Bertz CT molecular complexity index is 1420. The molecule has 0 aliphatic carbocycles. The number of hydrogen-bond acceptors (Lipinski definition) is 6. The lowest BCUT2D eigenvalue weighted by Crippen LogP contribution is -2.40. The minimum atomic E-state index is -0.222. The van der Waals surface area contributed by atoms with E-state index in [-0.39, 0.29) is 24.5 Å². The Hall–Kier alpha value is -4.04. The van der Waals surface area contributed by atoms with Crippen molar-refractivity contribution >= 4 is 23.2 Å². The number of aryl methyl sites for hydroxylation is 1. The quantitative estimate of drug-likeness (QED) is 0.339. The van der Waals surface area contributed by atoms with Gasteiger partial charge in [0, 0.05) is 37.3 Å². The van der Waals surface area contributed by atoms with Crippen molar-refractivity contribution < 1.29 is 14.3 Å². The molecule has 38 heavy (non-hydrogen) atoms. The average molecular weight is 527 g/mol. The number of benzene rings is 2. The van der Waals surface area contributed by atoms with Crippen molar-refractivity contribution in [2.75, 3.05) is 6.54 Å². The molecule has 0 saturated heterocycles. The second-order valence-electron chi connectivity index (χ2n) is 9.32. The van der Waals surface area contributed by atoms with Crippen LogP contribution in [0.4, 0.5) is 0 Å². The standard InChI is InChI=1S/C30H30N4O3S/c1-3-28(35)34-15-12-22-8-9-24(16-25(22)29(34)23-6-4-20(2)5-7-23)37-18-27-33-26(19-38-27)30(36)32-17-21-10-13-31-14-11-21/h4-11,13-14,16,19,29H,3,12,15,17-18H2,1-2H3,(H,32,36). The van der Waals surface area contributed by atoms with Crippen LogP contribution >= 0.6 is 11.3 Å². The van der Waals surface area contributed by atoms with Crippen LogP contribution in [0.3, 0.4) is 0 Å². The molecule has 0 bridgehead atoms. The van der Waals surface area contributed by atoms with Crippen molar-refractivity contribution in [1.29, 1.82) is 0 Å². The number of ether oxygens (including phenoxy) is 1. The number of thiazole rings is 1. The van der Waals surface area contributed by atoms with Crippen LogP contribution in [0.5, 0.6) is 5.75 Å². The van der Waals surface area contributed by atoms with E-state index < -0.39 is 0 Å². The van der Waals surface area contributed by atoms with Gasteiger partial charge in [-0.3, -0.25) is 14.6 Å². The van der Waals surface area contributed by atoms with Crippen molar-refractivity contribution in [3.05, 3.63) is 111 Å². The Balaban J connectivity index is 1.29. The highest BCUT2D eigenvalue weighted by Crippen LogP contribution is 2.37. The van der Waals surface area contributed by atoms with Gasteiger partial charge in [0.05, 0.1) is 6.04 Å². The number of carbonyl (C=O) groups is 2. The molecule has 194 valence electrons. The van der Waals surface area contributed by atoms with E-state index in [1.54, 1.807) is 17.8 Å². The van der Waals surface area contributed by atoms with Crippen LogP contribution in [0.25, 0.3) is 0 Å². The smallest absolute Gasteiger partial charge is 0.271 e. The molecule has 1 aliphatic heterocycles. The van der Waals surface area contributed by atoms with Gasteiger partial charge in [-0.1, -0.05) is 42.8 Å². The number of fused-ring (bicyclic) bond motifs is 1. The third-order valence-electron chi connectivity index (χ3n) is 6.71. The lowest BCUT2D eigenvalue weighted by Gasteiger charge is -2.38. The van der Waals surface area contributed by atoms with Gasteiger partial charge in [0.15, 0.2) is 0 Å². The summed E-state index contributed by atoms with van der Waals surface area (Å²) < 4.78 is 6.11. The van der Waals surface area contributed by atoms with Crippen LogP contribution in [0.1, 0.15) is 62.7 Å². The van der Waals surface area contributed by atoms with Gasteiger partial charge in [0.1, 0.15) is 23.1 Å². The molecule has 1 atom stereocenters. The number of hydrogen-bond donors (Lipinski definition) is 1. The van der Waals surface area contributed by atoms with Gasteiger partial charge in [0.2, 0.25) is 5.91 Å². The largest absolute Gasteiger partial charge is 0.486 e. The second-order valence-corrected chi connectivity index (χ2v) is 10.3. The van der Waals surface area contributed by atoms with Crippen molar-refractivity contribution in [2.45, 2.75) is 45.9 Å². The molecule has 1 unspecified atom stereocenters. The summed E-state index contributed by atoms with van der Waals surface area (Å²) in [5, 5.41) is 5.35. The third kappa shape index (κ3) is 5.75. The summed E-state index contributed by atoms with van der Waals surface area (Å²) in [6.45, 7) is 5.34. The maximum absolute atomic E-state index is 12.9. The molecule has 4 aromatic rings.